The number of carbonyl (C=O) groups is 1. The summed E-state index contributed by atoms with van der Waals surface area (Å²) in [4.78, 5) is 20.9. The predicted molar refractivity (Wildman–Crippen MR) is 101 cm³/mol. The summed E-state index contributed by atoms with van der Waals surface area (Å²) >= 11 is 0. The lowest BCUT2D eigenvalue weighted by Gasteiger charge is -2.33. The van der Waals surface area contributed by atoms with Gasteiger partial charge in [0.1, 0.15) is 0 Å². The molecule has 2 aliphatic heterocycles. The Kier molecular flexibility index (Phi) is 5.56. The number of amides is 1. The molecule has 1 fully saturated rings. The molecule has 2 aliphatic rings. The fraction of sp³-hybridized carbons (Fsp3) is 0.526. The molecule has 0 radical (unpaired) electrons. The van der Waals surface area contributed by atoms with Crippen LogP contribution in [-0.2, 0) is 11.3 Å². The molecule has 162 valence electrons. The first kappa shape index (κ1) is 20.5. The van der Waals surface area contributed by atoms with Crippen molar-refractivity contribution in [2.75, 3.05) is 38.0 Å². The molecular weight excluding hydrogens is 400 g/mol. The fourth-order valence-corrected chi connectivity index (χ4v) is 3.29. The summed E-state index contributed by atoms with van der Waals surface area (Å²) in [5.74, 6) is 1.13. The van der Waals surface area contributed by atoms with Crippen molar-refractivity contribution < 1.29 is 27.6 Å². The average Bonchev–Trinajstić information content (AvgIpc) is 3.25. The Balaban J connectivity index is 1.23. The number of benzene rings is 1. The average molecular weight is 423 g/mol. The topological polar surface area (TPSA) is 93.0 Å². The highest BCUT2D eigenvalue weighted by molar-refractivity contribution is 5.92. The van der Waals surface area contributed by atoms with Crippen LogP contribution < -0.4 is 14.8 Å². The van der Waals surface area contributed by atoms with Gasteiger partial charge in [0, 0.05) is 43.9 Å². The molecular formula is C19H23F2N5O4. The third-order valence-corrected chi connectivity index (χ3v) is 4.88. The van der Waals surface area contributed by atoms with Crippen LogP contribution in [0.15, 0.2) is 22.7 Å². The summed E-state index contributed by atoms with van der Waals surface area (Å²) in [7, 11) is 0. The number of carbonyl (C=O) groups excluding carboxylic acids is 1. The molecule has 0 atom stereocenters. The molecule has 0 saturated carbocycles. The van der Waals surface area contributed by atoms with Crippen LogP contribution in [0.4, 0.5) is 14.5 Å². The molecule has 11 heteroatoms. The molecule has 0 unspecified atom stereocenters. The minimum absolute atomic E-state index is 0.0594. The molecule has 4 rings (SSSR count). The maximum atomic E-state index is 13.1. The Labute approximate surface area is 171 Å². The van der Waals surface area contributed by atoms with Gasteiger partial charge in [0.2, 0.25) is 11.8 Å². The molecule has 1 aromatic heterocycles. The summed E-state index contributed by atoms with van der Waals surface area (Å²) in [6, 6.07) is 4.16. The molecule has 1 amide bonds. The summed E-state index contributed by atoms with van der Waals surface area (Å²) in [5, 5.41) is 6.67. The molecule has 30 heavy (non-hydrogen) atoms. The highest BCUT2D eigenvalue weighted by Crippen LogP contribution is 2.42. The lowest BCUT2D eigenvalue weighted by molar-refractivity contribution is -0.286. The molecule has 1 N–H and O–H groups in total. The van der Waals surface area contributed by atoms with E-state index >= 15 is 0 Å². The molecule has 2 aromatic rings. The number of piperazine rings is 1. The van der Waals surface area contributed by atoms with Gasteiger partial charge in [-0.25, -0.2) is 0 Å². The standard InChI is InChI=1S/C19H23F2N5O4/c1-12(2)18-23-17(30-24-18)11-26-7-5-25(6-8-26)10-16(27)22-13-3-4-14-15(9-13)29-19(20,21)28-14/h3-4,9,12H,5-8,10-11H2,1-2H3,(H,22,27). The van der Waals surface area contributed by atoms with E-state index in [1.165, 1.54) is 18.2 Å². The van der Waals surface area contributed by atoms with Crippen LogP contribution >= 0.6 is 0 Å². The van der Waals surface area contributed by atoms with Gasteiger partial charge in [-0.05, 0) is 12.1 Å². The Morgan fingerprint density at radius 1 is 1.17 bits per heavy atom. The monoisotopic (exact) mass is 423 g/mol. The second-order valence-corrected chi connectivity index (χ2v) is 7.63. The molecule has 3 heterocycles. The number of anilines is 1. The first-order valence-corrected chi connectivity index (χ1v) is 9.74. The van der Waals surface area contributed by atoms with Crippen molar-refractivity contribution >= 4 is 11.6 Å². The molecule has 9 nitrogen and oxygen atoms in total. The van der Waals surface area contributed by atoms with Crippen molar-refractivity contribution in [3.63, 3.8) is 0 Å². The molecule has 0 spiro atoms. The van der Waals surface area contributed by atoms with Gasteiger partial charge in [-0.1, -0.05) is 19.0 Å². The summed E-state index contributed by atoms with van der Waals surface area (Å²) in [5.41, 5.74) is 0.371. The number of ether oxygens (including phenoxy) is 2. The summed E-state index contributed by atoms with van der Waals surface area (Å²) in [6.45, 7) is 7.78. The van der Waals surface area contributed by atoms with E-state index in [1.807, 2.05) is 18.7 Å². The number of aromatic nitrogens is 2. The van der Waals surface area contributed by atoms with Gasteiger partial charge in [0.05, 0.1) is 13.1 Å². The lowest BCUT2D eigenvalue weighted by atomic mass is 10.2. The van der Waals surface area contributed by atoms with E-state index in [9.17, 15) is 13.6 Å². The van der Waals surface area contributed by atoms with Crippen LogP contribution in [0.2, 0.25) is 0 Å². The van der Waals surface area contributed by atoms with Gasteiger partial charge >= 0.3 is 6.29 Å². The SMILES string of the molecule is CC(C)c1noc(CN2CCN(CC(=O)Nc3ccc4c(c3)OC(F)(F)O4)CC2)n1. The van der Waals surface area contributed by atoms with Gasteiger partial charge in [0.25, 0.3) is 0 Å². The van der Waals surface area contributed by atoms with E-state index < -0.39 is 6.29 Å². The number of rotatable bonds is 6. The largest absolute Gasteiger partial charge is 0.586 e. The Bertz CT molecular complexity index is 912. The maximum absolute atomic E-state index is 13.1. The van der Waals surface area contributed by atoms with Crippen molar-refractivity contribution in [3.8, 4) is 11.5 Å². The van der Waals surface area contributed by atoms with Crippen molar-refractivity contribution in [2.24, 2.45) is 0 Å². The summed E-state index contributed by atoms with van der Waals surface area (Å²) in [6.07, 6.45) is -3.68. The first-order valence-electron chi connectivity index (χ1n) is 9.74. The van der Waals surface area contributed by atoms with Crippen LogP contribution in [0.25, 0.3) is 0 Å². The third-order valence-electron chi connectivity index (χ3n) is 4.88. The minimum Gasteiger partial charge on any atom is -0.395 e. The second kappa shape index (κ2) is 8.15. The fourth-order valence-electron chi connectivity index (χ4n) is 3.29. The van der Waals surface area contributed by atoms with Crippen molar-refractivity contribution in [1.82, 2.24) is 19.9 Å². The third kappa shape index (κ3) is 4.85. The van der Waals surface area contributed by atoms with Gasteiger partial charge in [-0.2, -0.15) is 4.98 Å². The quantitative estimate of drug-likeness (QED) is 0.757. The predicted octanol–water partition coefficient (Wildman–Crippen LogP) is 2.27. The van der Waals surface area contributed by atoms with Crippen LogP contribution in [0.5, 0.6) is 11.5 Å². The van der Waals surface area contributed by atoms with E-state index in [0.29, 0.717) is 37.0 Å². The van der Waals surface area contributed by atoms with E-state index in [-0.39, 0.29) is 29.9 Å². The number of halogens is 2. The number of fused-ring (bicyclic) bond motifs is 1. The minimum atomic E-state index is -3.68. The highest BCUT2D eigenvalue weighted by Gasteiger charge is 2.43. The van der Waals surface area contributed by atoms with Crippen molar-refractivity contribution in [1.29, 1.82) is 0 Å². The van der Waals surface area contributed by atoms with Crippen LogP contribution in [0, 0.1) is 0 Å². The van der Waals surface area contributed by atoms with Gasteiger partial charge in [-0.3, -0.25) is 14.6 Å². The summed E-state index contributed by atoms with van der Waals surface area (Å²) < 4.78 is 40.2. The molecule has 0 bridgehead atoms. The number of alkyl halides is 2. The first-order chi connectivity index (χ1) is 14.3. The van der Waals surface area contributed by atoms with E-state index in [2.05, 4.69) is 29.8 Å². The molecule has 1 saturated heterocycles. The van der Waals surface area contributed by atoms with Crippen molar-refractivity contribution in [2.45, 2.75) is 32.6 Å². The zero-order chi connectivity index (χ0) is 21.3. The van der Waals surface area contributed by atoms with E-state index in [0.717, 1.165) is 13.1 Å². The van der Waals surface area contributed by atoms with Gasteiger partial charge in [-0.15, -0.1) is 8.78 Å². The van der Waals surface area contributed by atoms with E-state index in [1.54, 1.807) is 0 Å². The Morgan fingerprint density at radius 2 is 1.87 bits per heavy atom. The number of nitrogens with one attached hydrogen (secondary N) is 1. The highest BCUT2D eigenvalue weighted by atomic mass is 19.3. The number of hydrogen-bond donors (Lipinski definition) is 1. The number of hydrogen-bond acceptors (Lipinski definition) is 8. The Hall–Kier alpha value is -2.79. The Morgan fingerprint density at radius 3 is 2.57 bits per heavy atom. The van der Waals surface area contributed by atoms with Crippen LogP contribution in [0.1, 0.15) is 31.5 Å². The van der Waals surface area contributed by atoms with E-state index in [4.69, 9.17) is 4.52 Å². The second-order valence-electron chi connectivity index (χ2n) is 7.63. The smallest absolute Gasteiger partial charge is 0.395 e. The lowest BCUT2D eigenvalue weighted by Crippen LogP contribution is -2.48. The van der Waals surface area contributed by atoms with Crippen molar-refractivity contribution in [3.05, 3.63) is 29.9 Å². The molecule has 0 aliphatic carbocycles. The molecule has 1 aromatic carbocycles. The zero-order valence-electron chi connectivity index (χ0n) is 16.7. The van der Waals surface area contributed by atoms with Crippen LogP contribution in [0.3, 0.4) is 0 Å². The maximum Gasteiger partial charge on any atom is 0.586 e. The zero-order valence-corrected chi connectivity index (χ0v) is 16.7. The van der Waals surface area contributed by atoms with Gasteiger partial charge < -0.3 is 19.3 Å². The van der Waals surface area contributed by atoms with Gasteiger partial charge in [0.15, 0.2) is 17.3 Å². The number of nitrogens with zero attached hydrogens (tertiary/aromatic N) is 4. The normalized spacial score (nSPS) is 18.7. The van der Waals surface area contributed by atoms with Crippen LogP contribution in [-0.4, -0.2) is 64.9 Å².